The summed E-state index contributed by atoms with van der Waals surface area (Å²) in [5.74, 6) is -2.26. The molecule has 11 nitrogen and oxygen atoms in total. The number of hydrogen-bond acceptors (Lipinski definition) is 8. The van der Waals surface area contributed by atoms with Crippen LogP contribution >= 0.6 is 0 Å². The fourth-order valence-corrected chi connectivity index (χ4v) is 3.17. The largest absolute Gasteiger partial charge is 0.490 e. The van der Waals surface area contributed by atoms with Crippen molar-refractivity contribution in [3.8, 4) is 5.75 Å². The van der Waals surface area contributed by atoms with Crippen LogP contribution in [0, 0.1) is 0 Å². The van der Waals surface area contributed by atoms with Crippen LogP contribution in [0.5, 0.6) is 5.75 Å². The van der Waals surface area contributed by atoms with Crippen LogP contribution in [0.3, 0.4) is 0 Å². The van der Waals surface area contributed by atoms with E-state index in [9.17, 15) is 24.0 Å². The minimum absolute atomic E-state index is 0.00278. The van der Waals surface area contributed by atoms with E-state index in [1.165, 1.54) is 19.1 Å². The van der Waals surface area contributed by atoms with Gasteiger partial charge in [0.05, 0.1) is 17.7 Å². The Bertz CT molecular complexity index is 884. The minimum Gasteiger partial charge on any atom is -0.490 e. The molecule has 0 aliphatic carbocycles. The van der Waals surface area contributed by atoms with Crippen molar-refractivity contribution in [2.75, 3.05) is 13.2 Å². The molecule has 2 atom stereocenters. The molecule has 0 saturated carbocycles. The number of piperidine rings is 1. The summed E-state index contributed by atoms with van der Waals surface area (Å²) in [4.78, 5) is 60.5. The molecular formula is C18H19N3O8. The maximum absolute atomic E-state index is 12.9. The normalized spacial score (nSPS) is 19.6. The SMILES string of the molecule is CC(OCCOc1cccc2c1C(=O)N(C1CCC(=O)NC1=O)C2=O)OC(N)=O. The highest BCUT2D eigenvalue weighted by Crippen LogP contribution is 2.33. The van der Waals surface area contributed by atoms with Gasteiger partial charge in [-0.15, -0.1) is 0 Å². The Kier molecular flexibility index (Phi) is 5.78. The summed E-state index contributed by atoms with van der Waals surface area (Å²) in [6.07, 6.45) is -1.74. The van der Waals surface area contributed by atoms with Crippen LogP contribution in [0.4, 0.5) is 4.79 Å². The van der Waals surface area contributed by atoms with Crippen molar-refractivity contribution in [2.45, 2.75) is 32.1 Å². The molecule has 1 saturated heterocycles. The van der Waals surface area contributed by atoms with E-state index in [1.54, 1.807) is 6.07 Å². The first kappa shape index (κ1) is 20.3. The fourth-order valence-electron chi connectivity index (χ4n) is 3.17. The third-order valence-electron chi connectivity index (χ3n) is 4.41. The molecule has 1 aromatic carbocycles. The molecule has 0 radical (unpaired) electrons. The van der Waals surface area contributed by atoms with Crippen LogP contribution in [0.25, 0.3) is 0 Å². The molecule has 5 amide bonds. The Morgan fingerprint density at radius 2 is 2.00 bits per heavy atom. The lowest BCUT2D eigenvalue weighted by Gasteiger charge is -2.27. The number of nitrogens with two attached hydrogens (primary N) is 1. The average molecular weight is 405 g/mol. The van der Waals surface area contributed by atoms with Gasteiger partial charge in [0.1, 0.15) is 18.4 Å². The number of rotatable bonds is 7. The molecule has 2 heterocycles. The molecule has 11 heteroatoms. The van der Waals surface area contributed by atoms with E-state index in [0.29, 0.717) is 0 Å². The number of ether oxygens (including phenoxy) is 3. The molecule has 2 aliphatic heterocycles. The third kappa shape index (κ3) is 4.19. The van der Waals surface area contributed by atoms with Gasteiger partial charge in [0, 0.05) is 6.42 Å². The number of primary amides is 1. The van der Waals surface area contributed by atoms with E-state index in [2.05, 4.69) is 10.1 Å². The molecular weight excluding hydrogens is 386 g/mol. The number of carbonyl (C=O) groups excluding carboxylic acids is 5. The lowest BCUT2D eigenvalue weighted by molar-refractivity contribution is -0.136. The third-order valence-corrected chi connectivity index (χ3v) is 4.41. The molecule has 3 N–H and O–H groups in total. The lowest BCUT2D eigenvalue weighted by Crippen LogP contribution is -2.54. The van der Waals surface area contributed by atoms with Crippen molar-refractivity contribution >= 4 is 29.7 Å². The monoisotopic (exact) mass is 405 g/mol. The standard InChI is InChI=1S/C18H19N3O8/c1-9(29-18(19)26)27-7-8-28-12-4-2-3-10-14(12)17(25)21(16(10)24)11-5-6-13(22)20-15(11)23/h2-4,9,11H,5-8H2,1H3,(H2,19,26)(H,20,22,23). The fraction of sp³-hybridized carbons (Fsp3) is 0.389. The summed E-state index contributed by atoms with van der Waals surface area (Å²) < 4.78 is 15.3. The first-order chi connectivity index (χ1) is 13.8. The molecule has 2 aliphatic rings. The molecule has 1 aromatic rings. The van der Waals surface area contributed by atoms with E-state index in [4.69, 9.17) is 15.2 Å². The summed E-state index contributed by atoms with van der Waals surface area (Å²) in [5.41, 5.74) is 5.04. The van der Waals surface area contributed by atoms with Gasteiger partial charge in [0.2, 0.25) is 18.1 Å². The zero-order chi connectivity index (χ0) is 21.1. The molecule has 154 valence electrons. The number of nitrogens with zero attached hydrogens (tertiary/aromatic N) is 1. The molecule has 0 bridgehead atoms. The number of hydrogen-bond donors (Lipinski definition) is 2. The highest BCUT2D eigenvalue weighted by molar-refractivity contribution is 6.24. The van der Waals surface area contributed by atoms with Gasteiger partial charge in [0.15, 0.2) is 0 Å². The molecule has 1 fully saturated rings. The van der Waals surface area contributed by atoms with E-state index in [0.717, 1.165) is 4.90 Å². The Hall–Kier alpha value is -3.47. The molecule has 0 spiro atoms. The van der Waals surface area contributed by atoms with Crippen LogP contribution in [0.15, 0.2) is 18.2 Å². The summed E-state index contributed by atoms with van der Waals surface area (Å²) in [5, 5.41) is 2.14. The van der Waals surface area contributed by atoms with Crippen LogP contribution in [0.1, 0.15) is 40.5 Å². The van der Waals surface area contributed by atoms with Crippen molar-refractivity contribution < 1.29 is 38.2 Å². The van der Waals surface area contributed by atoms with Gasteiger partial charge in [-0.25, -0.2) is 4.79 Å². The second-order valence-corrected chi connectivity index (χ2v) is 6.35. The van der Waals surface area contributed by atoms with E-state index < -0.39 is 42.1 Å². The topological polar surface area (TPSA) is 154 Å². The number of nitrogens with one attached hydrogen (secondary N) is 1. The molecule has 2 unspecified atom stereocenters. The Balaban J connectivity index is 1.69. The lowest BCUT2D eigenvalue weighted by atomic mass is 10.0. The van der Waals surface area contributed by atoms with Crippen LogP contribution < -0.4 is 15.8 Å². The van der Waals surface area contributed by atoms with Gasteiger partial charge < -0.3 is 19.9 Å². The highest BCUT2D eigenvalue weighted by atomic mass is 16.7. The van der Waals surface area contributed by atoms with E-state index in [-0.39, 0.29) is 42.9 Å². The van der Waals surface area contributed by atoms with Crippen molar-refractivity contribution in [3.63, 3.8) is 0 Å². The van der Waals surface area contributed by atoms with Crippen molar-refractivity contribution in [3.05, 3.63) is 29.3 Å². The minimum atomic E-state index is -1.05. The van der Waals surface area contributed by atoms with Crippen molar-refractivity contribution in [1.82, 2.24) is 10.2 Å². The predicted octanol–water partition coefficient (Wildman–Crippen LogP) is -0.0755. The smallest absolute Gasteiger partial charge is 0.406 e. The van der Waals surface area contributed by atoms with Crippen LogP contribution in [-0.4, -0.2) is 60.2 Å². The maximum Gasteiger partial charge on any atom is 0.406 e. The van der Waals surface area contributed by atoms with E-state index >= 15 is 0 Å². The Morgan fingerprint density at radius 1 is 1.24 bits per heavy atom. The van der Waals surface area contributed by atoms with E-state index in [1.807, 2.05) is 0 Å². The van der Waals surface area contributed by atoms with Crippen LogP contribution in [-0.2, 0) is 19.1 Å². The summed E-state index contributed by atoms with van der Waals surface area (Å²) >= 11 is 0. The summed E-state index contributed by atoms with van der Waals surface area (Å²) in [7, 11) is 0. The zero-order valence-corrected chi connectivity index (χ0v) is 15.5. The Labute approximate surface area is 165 Å². The quantitative estimate of drug-likeness (QED) is 0.363. The number of imide groups is 2. The number of fused-ring (bicyclic) bond motifs is 1. The first-order valence-corrected chi connectivity index (χ1v) is 8.84. The number of carbonyl (C=O) groups is 5. The van der Waals surface area contributed by atoms with Gasteiger partial charge in [-0.3, -0.25) is 29.4 Å². The van der Waals surface area contributed by atoms with Gasteiger partial charge in [-0.2, -0.15) is 0 Å². The van der Waals surface area contributed by atoms with Crippen LogP contribution in [0.2, 0.25) is 0 Å². The van der Waals surface area contributed by atoms with Gasteiger partial charge >= 0.3 is 6.09 Å². The first-order valence-electron chi connectivity index (χ1n) is 8.84. The van der Waals surface area contributed by atoms with Gasteiger partial charge in [-0.1, -0.05) is 6.07 Å². The molecule has 3 rings (SSSR count). The summed E-state index contributed by atoms with van der Waals surface area (Å²) in [6, 6.07) is 3.48. The zero-order valence-electron chi connectivity index (χ0n) is 15.5. The molecule has 29 heavy (non-hydrogen) atoms. The number of benzene rings is 1. The number of amides is 5. The second-order valence-electron chi connectivity index (χ2n) is 6.35. The summed E-state index contributed by atoms with van der Waals surface area (Å²) in [6.45, 7) is 1.50. The average Bonchev–Trinajstić information content (AvgIpc) is 2.90. The maximum atomic E-state index is 12.9. The highest BCUT2D eigenvalue weighted by Gasteiger charge is 2.45. The van der Waals surface area contributed by atoms with Crippen molar-refractivity contribution in [2.24, 2.45) is 5.73 Å². The predicted molar refractivity (Wildman–Crippen MR) is 94.7 cm³/mol. The second kappa shape index (κ2) is 8.27. The van der Waals surface area contributed by atoms with Crippen molar-refractivity contribution in [1.29, 1.82) is 0 Å². The Morgan fingerprint density at radius 3 is 2.69 bits per heavy atom. The molecule has 0 aromatic heterocycles. The van der Waals surface area contributed by atoms with Gasteiger partial charge in [0.25, 0.3) is 11.8 Å². The van der Waals surface area contributed by atoms with Gasteiger partial charge in [-0.05, 0) is 25.5 Å².